The molecule has 0 heterocycles. The van der Waals surface area contributed by atoms with Gasteiger partial charge in [0.2, 0.25) is 11.7 Å². The number of carbonyl (C=O) groups is 1. The lowest BCUT2D eigenvalue weighted by atomic mass is 9.12. The minimum Gasteiger partial charge on any atom is -0.351 e. The molecule has 0 saturated heterocycles. The van der Waals surface area contributed by atoms with E-state index in [-0.39, 0.29) is 11.7 Å². The van der Waals surface area contributed by atoms with Crippen LogP contribution in [0.2, 0.25) is 0 Å². The van der Waals surface area contributed by atoms with E-state index in [1.54, 1.807) is 0 Å². The van der Waals surface area contributed by atoms with E-state index < -0.39 is 206 Å². The second-order valence-corrected chi connectivity index (χ2v) is 18.5. The summed E-state index contributed by atoms with van der Waals surface area (Å²) in [5.74, 6) is 0.468. The fourth-order valence-electron chi connectivity index (χ4n) is 8.01. The lowest BCUT2D eigenvalue weighted by Crippen LogP contribution is -2.75. The number of Topliss-reactive ketones (excluding diaryl/α,β-unsaturated/α-hetero) is 1. The Labute approximate surface area is 415 Å². The van der Waals surface area contributed by atoms with Crippen molar-refractivity contribution < 1.29 is 115 Å². The SMILES string of the molecule is Cc1ccccc1[S+](CO)CC(=O)c1ccccc1.FC(F)(F)c1cc([B-](c2cc(C(F)(F)F)cc(C(F)(F)F)c2)(c2cc(C(F)(F)F)cc(C(F)(F)F)c2)c2cc(C(F)(F)F)cc(C(F)(F)F)c2)cc(C(F)(F)F)c1. The normalized spacial score (nSPS) is 13.8. The number of aliphatic hydroxyl groups is 1. The summed E-state index contributed by atoms with van der Waals surface area (Å²) < 4.78 is 341. The summed E-state index contributed by atoms with van der Waals surface area (Å²) in [6, 6.07) is 8.36. The van der Waals surface area contributed by atoms with Gasteiger partial charge in [0, 0.05) is 11.1 Å². The molecule has 0 radical (unpaired) electrons. The molecule has 0 saturated carbocycles. The number of hydrogen-bond acceptors (Lipinski definition) is 2. The smallest absolute Gasteiger partial charge is 0.351 e. The van der Waals surface area contributed by atoms with Crippen LogP contribution < -0.4 is 21.9 Å². The van der Waals surface area contributed by atoms with Gasteiger partial charge in [-0.15, -0.1) is 0 Å². The van der Waals surface area contributed by atoms with E-state index >= 15 is 0 Å². The molecule has 6 rings (SSSR count). The van der Waals surface area contributed by atoms with E-state index in [2.05, 4.69) is 0 Å². The van der Waals surface area contributed by atoms with Gasteiger partial charge >= 0.3 is 49.4 Å². The summed E-state index contributed by atoms with van der Waals surface area (Å²) in [6.45, 7) is 2.01. The fourth-order valence-corrected chi connectivity index (χ4v) is 9.67. The van der Waals surface area contributed by atoms with Crippen LogP contribution >= 0.6 is 0 Å². The number of hydrogen-bond donors (Lipinski definition) is 1. The van der Waals surface area contributed by atoms with Crippen molar-refractivity contribution in [3.63, 3.8) is 0 Å². The van der Waals surface area contributed by atoms with Crippen molar-refractivity contribution in [1.29, 1.82) is 0 Å². The Balaban J connectivity index is 0.000000468. The Morgan fingerprint density at radius 3 is 0.842 bits per heavy atom. The number of ketones is 1. The highest BCUT2D eigenvalue weighted by Gasteiger charge is 2.47. The van der Waals surface area contributed by atoms with Crippen molar-refractivity contribution in [3.8, 4) is 0 Å². The van der Waals surface area contributed by atoms with Crippen molar-refractivity contribution in [2.75, 3.05) is 11.7 Å². The topological polar surface area (TPSA) is 37.3 Å². The number of alkyl halides is 24. The van der Waals surface area contributed by atoms with E-state index in [4.69, 9.17) is 0 Å². The second-order valence-electron chi connectivity index (χ2n) is 16.5. The molecule has 410 valence electrons. The number of aliphatic hydroxyl groups excluding tert-OH is 1. The third-order valence-corrected chi connectivity index (χ3v) is 13.4. The molecule has 1 atom stereocenters. The first-order valence-corrected chi connectivity index (χ1v) is 22.3. The maximum Gasteiger partial charge on any atom is 0.416 e. The van der Waals surface area contributed by atoms with Gasteiger partial charge in [0.15, 0.2) is 10.6 Å². The predicted molar refractivity (Wildman–Crippen MR) is 230 cm³/mol. The zero-order valence-corrected chi connectivity index (χ0v) is 38.3. The standard InChI is InChI=1S/C32H12BF24.C16H17O2S/c34-25(35,36)13-1-14(26(37,38)39)6-21(5-13)33(22-7-15(27(40,41)42)2-16(8-22)28(43,44)45,23-9-17(29(46,47)48)3-18(10-23)30(49,50)51)24-11-19(31(52,53)54)4-20(12-24)32(55,56)57;1-13-7-5-6-10-16(13)19(12-17)11-15(18)14-8-3-2-4-9-14/h1-12H;2-10,17H,11-12H2,1H3/q-1;+1. The molecular weight excluding hydrogens is 1110 g/mol. The molecule has 6 aromatic rings. The summed E-state index contributed by atoms with van der Waals surface area (Å²) in [7, 11) is -0.431. The van der Waals surface area contributed by atoms with Crippen LogP contribution in [0.4, 0.5) is 105 Å². The van der Waals surface area contributed by atoms with Crippen LogP contribution in [-0.4, -0.2) is 28.7 Å². The number of halogens is 24. The van der Waals surface area contributed by atoms with Crippen molar-refractivity contribution in [2.45, 2.75) is 61.2 Å². The summed E-state index contributed by atoms with van der Waals surface area (Å²) in [5, 5.41) is 9.56. The number of carbonyl (C=O) groups excluding carboxylic acids is 1. The summed E-state index contributed by atoms with van der Waals surface area (Å²) in [6.07, 6.45) is -54.8. The van der Waals surface area contributed by atoms with Gasteiger partial charge in [0.05, 0.1) is 55.4 Å². The third-order valence-electron chi connectivity index (χ3n) is 11.4. The Morgan fingerprint density at radius 1 is 0.382 bits per heavy atom. The van der Waals surface area contributed by atoms with E-state index in [9.17, 15) is 115 Å². The van der Waals surface area contributed by atoms with E-state index in [1.807, 2.05) is 61.5 Å². The average Bonchev–Trinajstić information content (AvgIpc) is 3.29. The first kappa shape index (κ1) is 60.5. The summed E-state index contributed by atoms with van der Waals surface area (Å²) >= 11 is 0. The minimum absolute atomic E-state index is 0.0173. The monoisotopic (exact) mass is 1140 g/mol. The predicted octanol–water partition coefficient (Wildman–Crippen LogP) is 14.0. The van der Waals surface area contributed by atoms with Crippen LogP contribution in [0.1, 0.15) is 60.4 Å². The first-order chi connectivity index (χ1) is 34.5. The Morgan fingerprint density at radius 2 is 0.618 bits per heavy atom. The molecule has 2 nitrogen and oxygen atoms in total. The van der Waals surface area contributed by atoms with Gasteiger partial charge in [-0.2, -0.15) is 127 Å². The zero-order chi connectivity index (χ0) is 57.6. The number of benzene rings is 6. The van der Waals surface area contributed by atoms with Crippen molar-refractivity contribution in [1.82, 2.24) is 0 Å². The molecule has 1 unspecified atom stereocenters. The Bertz CT molecular complexity index is 2600. The van der Waals surface area contributed by atoms with Gasteiger partial charge in [0.1, 0.15) is 6.15 Å². The van der Waals surface area contributed by atoms with Crippen LogP contribution in [0.3, 0.4) is 0 Å². The van der Waals surface area contributed by atoms with E-state index in [1.165, 1.54) is 0 Å². The molecule has 0 spiro atoms. The Kier molecular flexibility index (Phi) is 16.9. The van der Waals surface area contributed by atoms with Crippen molar-refractivity contribution in [2.24, 2.45) is 0 Å². The second kappa shape index (κ2) is 21.3. The number of rotatable bonds is 9. The molecule has 28 heteroatoms. The molecular formula is C48H29BF24O2S. The molecule has 0 aliphatic carbocycles. The average molecular weight is 1140 g/mol. The van der Waals surface area contributed by atoms with E-state index in [0.717, 1.165) is 10.5 Å². The Hall–Kier alpha value is -6.32. The van der Waals surface area contributed by atoms with Crippen LogP contribution in [0, 0.1) is 6.92 Å². The minimum atomic E-state index is -6.13. The lowest BCUT2D eigenvalue weighted by molar-refractivity contribution is -0.144. The van der Waals surface area contributed by atoms with Gasteiger partial charge in [-0.25, -0.2) is 0 Å². The van der Waals surface area contributed by atoms with Crippen LogP contribution in [0.15, 0.2) is 132 Å². The van der Waals surface area contributed by atoms with Crippen molar-refractivity contribution >= 4 is 44.7 Å². The summed E-state index contributed by atoms with van der Waals surface area (Å²) in [5.41, 5.74) is -28.4. The molecule has 1 N–H and O–H groups in total. The summed E-state index contributed by atoms with van der Waals surface area (Å²) in [4.78, 5) is 13.3. The van der Waals surface area contributed by atoms with Gasteiger partial charge in [-0.3, -0.25) is 4.79 Å². The highest BCUT2D eigenvalue weighted by atomic mass is 32.2. The third kappa shape index (κ3) is 14.0. The zero-order valence-electron chi connectivity index (χ0n) is 37.5. The van der Waals surface area contributed by atoms with Crippen LogP contribution in [-0.2, 0) is 60.3 Å². The molecule has 0 fully saturated rings. The molecule has 0 amide bonds. The van der Waals surface area contributed by atoms with Gasteiger partial charge in [0.25, 0.3) is 0 Å². The molecule has 76 heavy (non-hydrogen) atoms. The van der Waals surface area contributed by atoms with Crippen LogP contribution in [0.25, 0.3) is 0 Å². The molecule has 0 aliphatic rings. The maximum absolute atomic E-state index is 14.2. The molecule has 6 aromatic carbocycles. The maximum atomic E-state index is 14.2. The van der Waals surface area contributed by atoms with Crippen LogP contribution in [0.5, 0.6) is 0 Å². The highest BCUT2D eigenvalue weighted by molar-refractivity contribution is 7.97. The van der Waals surface area contributed by atoms with Gasteiger partial charge < -0.3 is 5.11 Å². The first-order valence-electron chi connectivity index (χ1n) is 20.8. The quantitative estimate of drug-likeness (QED) is 0.0678. The largest absolute Gasteiger partial charge is 0.416 e. The molecule has 0 bridgehead atoms. The lowest BCUT2D eigenvalue weighted by Gasteiger charge is -2.46. The highest BCUT2D eigenvalue weighted by Crippen LogP contribution is 2.41. The number of aryl methyl sites for hydroxylation is 1. The van der Waals surface area contributed by atoms with Gasteiger partial charge in [-0.1, -0.05) is 97.1 Å². The molecule has 0 aliphatic heterocycles. The fraction of sp³-hybridized carbons (Fsp3) is 0.229. The van der Waals surface area contributed by atoms with E-state index in [0.29, 0.717) is 11.3 Å². The molecule has 0 aromatic heterocycles. The van der Waals surface area contributed by atoms with Crippen molar-refractivity contribution in [3.05, 3.63) is 183 Å². The van der Waals surface area contributed by atoms with Gasteiger partial charge in [-0.05, 0) is 37.3 Å².